The molecule has 0 saturated heterocycles. The predicted molar refractivity (Wildman–Crippen MR) is 82.1 cm³/mol. The fraction of sp³-hybridized carbons (Fsp3) is 0.800. The van der Waals surface area contributed by atoms with Crippen LogP contribution in [0.15, 0.2) is 0 Å². The topological polar surface area (TPSA) is 90.9 Å². The summed E-state index contributed by atoms with van der Waals surface area (Å²) < 4.78 is 14.8. The average molecular weight is 319 g/mol. The SMILES string of the molecule is CCCC(=O)OC(CCC)OC(=O)N[C@H](C(=O)OC)C(C)C.[HH]. The normalized spacial score (nSPS) is 13.2. The summed E-state index contributed by atoms with van der Waals surface area (Å²) in [6.45, 7) is 7.28. The third kappa shape index (κ3) is 7.85. The summed E-state index contributed by atoms with van der Waals surface area (Å²) in [5, 5.41) is 2.43. The van der Waals surface area contributed by atoms with Crippen molar-refractivity contribution < 1.29 is 30.0 Å². The van der Waals surface area contributed by atoms with Crippen LogP contribution in [0.25, 0.3) is 0 Å². The van der Waals surface area contributed by atoms with Crippen molar-refractivity contribution in [2.24, 2.45) is 5.92 Å². The lowest BCUT2D eigenvalue weighted by atomic mass is 10.1. The zero-order valence-electron chi connectivity index (χ0n) is 14.0. The van der Waals surface area contributed by atoms with Gasteiger partial charge in [-0.25, -0.2) is 9.59 Å². The number of ether oxygens (including phenoxy) is 3. The second-order valence-corrected chi connectivity index (χ2v) is 5.25. The highest BCUT2D eigenvalue weighted by molar-refractivity contribution is 5.81. The first-order valence-corrected chi connectivity index (χ1v) is 7.60. The molecule has 0 aliphatic carbocycles. The first-order valence-electron chi connectivity index (χ1n) is 7.60. The van der Waals surface area contributed by atoms with E-state index < -0.39 is 30.4 Å². The molecule has 0 radical (unpaired) electrons. The summed E-state index contributed by atoms with van der Waals surface area (Å²) in [7, 11) is 1.25. The minimum atomic E-state index is -0.950. The van der Waals surface area contributed by atoms with Crippen LogP contribution in [0.2, 0.25) is 0 Å². The monoisotopic (exact) mass is 319 g/mol. The van der Waals surface area contributed by atoms with E-state index in [0.717, 1.165) is 0 Å². The number of alkyl carbamates (subject to hydrolysis) is 1. The highest BCUT2D eigenvalue weighted by Gasteiger charge is 2.27. The van der Waals surface area contributed by atoms with Crippen molar-refractivity contribution in [2.75, 3.05) is 7.11 Å². The summed E-state index contributed by atoms with van der Waals surface area (Å²) in [6.07, 6.45) is 0.236. The zero-order chi connectivity index (χ0) is 17.1. The van der Waals surface area contributed by atoms with Crippen LogP contribution in [0.4, 0.5) is 4.79 Å². The van der Waals surface area contributed by atoms with Gasteiger partial charge in [0.2, 0.25) is 6.29 Å². The summed E-state index contributed by atoms with van der Waals surface area (Å²) in [4.78, 5) is 34.9. The van der Waals surface area contributed by atoms with E-state index in [2.05, 4.69) is 10.1 Å². The number of carbonyl (C=O) groups is 3. The van der Waals surface area contributed by atoms with Gasteiger partial charge in [-0.2, -0.15) is 0 Å². The van der Waals surface area contributed by atoms with Gasteiger partial charge in [0.1, 0.15) is 6.04 Å². The molecule has 0 fully saturated rings. The van der Waals surface area contributed by atoms with E-state index in [4.69, 9.17) is 9.47 Å². The van der Waals surface area contributed by atoms with Crippen LogP contribution < -0.4 is 5.32 Å². The van der Waals surface area contributed by atoms with E-state index in [9.17, 15) is 14.4 Å². The van der Waals surface area contributed by atoms with Gasteiger partial charge in [-0.3, -0.25) is 4.79 Å². The Bertz CT molecular complexity index is 375. The van der Waals surface area contributed by atoms with Gasteiger partial charge >= 0.3 is 18.0 Å². The van der Waals surface area contributed by atoms with Gasteiger partial charge < -0.3 is 19.5 Å². The van der Waals surface area contributed by atoms with Crippen LogP contribution in [-0.4, -0.2) is 37.5 Å². The predicted octanol–water partition coefficient (Wildman–Crippen LogP) is 2.63. The first kappa shape index (κ1) is 20.2. The molecule has 0 heterocycles. The number of methoxy groups -OCH3 is 1. The Kier molecular flexibility index (Phi) is 9.98. The Balaban J connectivity index is 0. The van der Waals surface area contributed by atoms with E-state index in [0.29, 0.717) is 19.3 Å². The number of esters is 2. The number of nitrogens with one attached hydrogen (secondary N) is 1. The molecule has 0 saturated carbocycles. The van der Waals surface area contributed by atoms with Crippen molar-refractivity contribution in [1.82, 2.24) is 5.32 Å². The molecule has 130 valence electrons. The number of amides is 1. The molecule has 0 aromatic rings. The molecule has 0 bridgehead atoms. The maximum atomic E-state index is 11.9. The second kappa shape index (κ2) is 10.9. The molecule has 0 aromatic heterocycles. The lowest BCUT2D eigenvalue weighted by Crippen LogP contribution is -2.46. The van der Waals surface area contributed by atoms with Gasteiger partial charge in [0.25, 0.3) is 0 Å². The van der Waals surface area contributed by atoms with E-state index in [-0.39, 0.29) is 13.8 Å². The van der Waals surface area contributed by atoms with Crippen LogP contribution >= 0.6 is 0 Å². The smallest absolute Gasteiger partial charge is 0.410 e. The zero-order valence-corrected chi connectivity index (χ0v) is 14.0. The van der Waals surface area contributed by atoms with Crippen molar-refractivity contribution >= 4 is 18.0 Å². The van der Waals surface area contributed by atoms with Crippen molar-refractivity contribution in [2.45, 2.75) is 65.7 Å². The lowest BCUT2D eigenvalue weighted by molar-refractivity contribution is -0.169. The molecule has 2 atom stereocenters. The lowest BCUT2D eigenvalue weighted by Gasteiger charge is -2.22. The quantitative estimate of drug-likeness (QED) is 0.519. The third-order valence-corrected chi connectivity index (χ3v) is 2.88. The molecule has 0 rings (SSSR count). The largest absolute Gasteiger partial charge is 0.467 e. The summed E-state index contributed by atoms with van der Waals surface area (Å²) >= 11 is 0. The minimum Gasteiger partial charge on any atom is -0.467 e. The van der Waals surface area contributed by atoms with Crippen molar-refractivity contribution in [3.63, 3.8) is 0 Å². The molecule has 7 nitrogen and oxygen atoms in total. The Morgan fingerprint density at radius 2 is 1.73 bits per heavy atom. The van der Waals surface area contributed by atoms with Gasteiger partial charge in [0.15, 0.2) is 0 Å². The molecule has 0 spiro atoms. The number of rotatable bonds is 9. The van der Waals surface area contributed by atoms with Gasteiger partial charge in [-0.05, 0) is 18.8 Å². The van der Waals surface area contributed by atoms with Crippen molar-refractivity contribution in [3.8, 4) is 0 Å². The Morgan fingerprint density at radius 1 is 1.09 bits per heavy atom. The maximum absolute atomic E-state index is 11.9. The van der Waals surface area contributed by atoms with Crippen LogP contribution in [0.5, 0.6) is 0 Å². The fourth-order valence-corrected chi connectivity index (χ4v) is 1.69. The molecular formula is C15H29NO6. The van der Waals surface area contributed by atoms with Gasteiger partial charge in [-0.15, -0.1) is 0 Å². The number of hydrogen-bond acceptors (Lipinski definition) is 6. The molecule has 0 aliphatic heterocycles. The van der Waals surface area contributed by atoms with Gasteiger partial charge in [0.05, 0.1) is 7.11 Å². The Labute approximate surface area is 133 Å². The highest BCUT2D eigenvalue weighted by Crippen LogP contribution is 2.09. The highest BCUT2D eigenvalue weighted by atomic mass is 16.7. The fourth-order valence-electron chi connectivity index (χ4n) is 1.69. The average Bonchev–Trinajstić information content (AvgIpc) is 2.44. The van der Waals surface area contributed by atoms with Gasteiger partial charge in [0, 0.05) is 14.3 Å². The van der Waals surface area contributed by atoms with Gasteiger partial charge in [-0.1, -0.05) is 27.7 Å². The minimum absolute atomic E-state index is 0. The van der Waals surface area contributed by atoms with Crippen LogP contribution in [-0.2, 0) is 23.8 Å². The van der Waals surface area contributed by atoms with Crippen LogP contribution in [0.1, 0.15) is 54.8 Å². The van der Waals surface area contributed by atoms with Crippen LogP contribution in [0.3, 0.4) is 0 Å². The second-order valence-electron chi connectivity index (χ2n) is 5.25. The number of carbonyl (C=O) groups excluding carboxylic acids is 3. The Morgan fingerprint density at radius 3 is 2.18 bits per heavy atom. The molecule has 0 aromatic carbocycles. The first-order chi connectivity index (χ1) is 10.3. The molecule has 1 N–H and O–H groups in total. The molecule has 7 heteroatoms. The third-order valence-electron chi connectivity index (χ3n) is 2.88. The molecule has 22 heavy (non-hydrogen) atoms. The molecule has 1 unspecified atom stereocenters. The summed E-state index contributed by atoms with van der Waals surface area (Å²) in [6, 6.07) is -0.814. The standard InChI is InChI=1S/C15H27NO6.H2/c1-6-8-11(17)21-12(9-7-2)22-15(19)16-13(10(3)4)14(18)20-5;/h10,12-13H,6-9H2,1-5H3,(H,16,19);1H/t12?,13-;/m0./s1. The van der Waals surface area contributed by atoms with E-state index >= 15 is 0 Å². The van der Waals surface area contributed by atoms with E-state index in [1.807, 2.05) is 13.8 Å². The molecule has 1 amide bonds. The van der Waals surface area contributed by atoms with E-state index in [1.54, 1.807) is 13.8 Å². The molecular weight excluding hydrogens is 290 g/mol. The van der Waals surface area contributed by atoms with Crippen molar-refractivity contribution in [1.29, 1.82) is 0 Å². The summed E-state index contributed by atoms with van der Waals surface area (Å²) in [5.41, 5.74) is 0. The summed E-state index contributed by atoms with van der Waals surface area (Å²) in [5.74, 6) is -1.13. The molecule has 0 aliphatic rings. The van der Waals surface area contributed by atoms with Crippen LogP contribution in [0, 0.1) is 5.92 Å². The van der Waals surface area contributed by atoms with E-state index in [1.165, 1.54) is 7.11 Å². The van der Waals surface area contributed by atoms with Crippen molar-refractivity contribution in [3.05, 3.63) is 0 Å². The number of hydrogen-bond donors (Lipinski definition) is 1. The Hall–Kier alpha value is -1.79. The maximum Gasteiger partial charge on any atom is 0.410 e.